The molecule has 1 atom stereocenters. The van der Waals surface area contributed by atoms with Crippen LogP contribution in [-0.2, 0) is 21.4 Å². The van der Waals surface area contributed by atoms with Crippen molar-refractivity contribution < 1.29 is 14.3 Å². The van der Waals surface area contributed by atoms with E-state index in [2.05, 4.69) is 9.88 Å². The molecule has 1 aliphatic heterocycles. The van der Waals surface area contributed by atoms with Crippen LogP contribution in [0.5, 0.6) is 0 Å². The van der Waals surface area contributed by atoms with E-state index in [0.717, 1.165) is 21.5 Å². The fourth-order valence-corrected chi connectivity index (χ4v) is 5.36. The normalized spacial score (nSPS) is 16.2. The van der Waals surface area contributed by atoms with Gasteiger partial charge < -0.3 is 14.6 Å². The highest BCUT2D eigenvalue weighted by atomic mass is 35.5. The molecule has 8 heteroatoms. The maximum absolute atomic E-state index is 13.6. The van der Waals surface area contributed by atoms with Crippen LogP contribution in [0.3, 0.4) is 0 Å². The zero-order valence-corrected chi connectivity index (χ0v) is 19.7. The highest BCUT2D eigenvalue weighted by Gasteiger charge is 2.39. The Labute approximate surface area is 196 Å². The number of carbonyl (C=O) groups is 2. The monoisotopic (exact) mass is 471 g/mol. The number of ether oxygens (including phenoxy) is 1. The molecule has 32 heavy (non-hydrogen) atoms. The predicted octanol–water partition coefficient (Wildman–Crippen LogP) is 4.55. The van der Waals surface area contributed by atoms with Crippen LogP contribution in [0.15, 0.2) is 53.6 Å². The van der Waals surface area contributed by atoms with E-state index in [0.29, 0.717) is 36.9 Å². The lowest BCUT2D eigenvalue weighted by molar-refractivity contribution is -0.125. The maximum Gasteiger partial charge on any atom is 0.247 e. The Balaban J connectivity index is 1.81. The zero-order chi connectivity index (χ0) is 22.7. The molecule has 2 heterocycles. The number of para-hydroxylation sites is 1. The van der Waals surface area contributed by atoms with Gasteiger partial charge in [-0.15, -0.1) is 0 Å². The average Bonchev–Trinajstić information content (AvgIpc) is 2.96. The molecule has 0 spiro atoms. The number of carbonyl (C=O) groups excluding carboxylic acids is 2. The van der Waals surface area contributed by atoms with Crippen molar-refractivity contribution in [1.82, 2.24) is 9.88 Å². The Hall–Kier alpha value is -2.48. The summed E-state index contributed by atoms with van der Waals surface area (Å²) < 4.78 is 7.45. The Morgan fingerprint density at radius 3 is 2.84 bits per heavy atom. The molecule has 6 nitrogen and oxygen atoms in total. The van der Waals surface area contributed by atoms with Crippen LogP contribution in [0.4, 0.5) is 5.69 Å². The lowest BCUT2D eigenvalue weighted by atomic mass is 10.0. The smallest absolute Gasteiger partial charge is 0.247 e. The first kappa shape index (κ1) is 22.7. The van der Waals surface area contributed by atoms with Gasteiger partial charge in [0.1, 0.15) is 6.04 Å². The molecular weight excluding hydrogens is 446 g/mol. The van der Waals surface area contributed by atoms with E-state index in [1.165, 1.54) is 11.8 Å². The molecule has 1 aliphatic rings. The minimum atomic E-state index is -0.802. The lowest BCUT2D eigenvalue weighted by Gasteiger charge is -2.30. The number of fused-ring (bicyclic) bond motifs is 3. The first-order valence-corrected chi connectivity index (χ1v) is 12.0. The lowest BCUT2D eigenvalue weighted by Crippen LogP contribution is -2.44. The van der Waals surface area contributed by atoms with Crippen molar-refractivity contribution in [3.8, 4) is 0 Å². The topological polar surface area (TPSA) is 63.6 Å². The molecule has 2 amide bonds. The van der Waals surface area contributed by atoms with Crippen LogP contribution >= 0.6 is 23.4 Å². The van der Waals surface area contributed by atoms with Gasteiger partial charge in [0.25, 0.3) is 0 Å². The molecule has 1 aromatic heterocycles. The van der Waals surface area contributed by atoms with Gasteiger partial charge in [-0.3, -0.25) is 14.5 Å². The summed E-state index contributed by atoms with van der Waals surface area (Å²) in [6, 6.07) is 14.3. The molecule has 3 aromatic rings. The van der Waals surface area contributed by atoms with Gasteiger partial charge in [0.2, 0.25) is 11.8 Å². The number of halogens is 1. The van der Waals surface area contributed by atoms with Crippen molar-refractivity contribution in [3.05, 3.63) is 59.1 Å². The molecule has 2 aromatic carbocycles. The van der Waals surface area contributed by atoms with Gasteiger partial charge >= 0.3 is 0 Å². The molecule has 168 valence electrons. The molecule has 1 unspecified atom stereocenters. The number of nitrogens with zero attached hydrogens (tertiary/aromatic N) is 2. The quantitative estimate of drug-likeness (QED) is 0.513. The Morgan fingerprint density at radius 1 is 1.25 bits per heavy atom. The van der Waals surface area contributed by atoms with Crippen molar-refractivity contribution >= 4 is 51.8 Å². The number of benzene rings is 2. The third kappa shape index (κ3) is 4.37. The summed E-state index contributed by atoms with van der Waals surface area (Å²) >= 11 is 7.72. The Bertz CT molecular complexity index is 1150. The highest BCUT2D eigenvalue weighted by molar-refractivity contribution is 8.00. The van der Waals surface area contributed by atoms with Gasteiger partial charge in [0, 0.05) is 54.0 Å². The van der Waals surface area contributed by atoms with Crippen molar-refractivity contribution in [2.24, 2.45) is 7.05 Å². The van der Waals surface area contributed by atoms with Crippen LogP contribution in [0.25, 0.3) is 10.9 Å². The predicted molar refractivity (Wildman–Crippen MR) is 129 cm³/mol. The first-order valence-electron chi connectivity index (χ1n) is 10.7. The van der Waals surface area contributed by atoms with Gasteiger partial charge in [-0.05, 0) is 37.6 Å². The number of aryl methyl sites for hydroxylation is 1. The highest BCUT2D eigenvalue weighted by Crippen LogP contribution is 2.43. The van der Waals surface area contributed by atoms with Crippen LogP contribution in [0, 0.1) is 0 Å². The molecule has 0 aliphatic carbocycles. The van der Waals surface area contributed by atoms with Gasteiger partial charge in [0.15, 0.2) is 0 Å². The number of hydrogen-bond donors (Lipinski definition) is 1. The van der Waals surface area contributed by atoms with Crippen LogP contribution in [0.2, 0.25) is 5.02 Å². The fraction of sp³-hybridized carbons (Fsp3) is 0.333. The number of hydrogen-bond acceptors (Lipinski definition) is 4. The minimum absolute atomic E-state index is 0.132. The second-order valence-electron chi connectivity index (χ2n) is 7.57. The molecule has 4 rings (SSSR count). The Kier molecular flexibility index (Phi) is 7.08. The largest absolute Gasteiger partial charge is 0.382 e. The van der Waals surface area contributed by atoms with Crippen LogP contribution < -0.4 is 10.2 Å². The van der Waals surface area contributed by atoms with E-state index < -0.39 is 6.04 Å². The number of rotatable bonds is 7. The summed E-state index contributed by atoms with van der Waals surface area (Å²) in [7, 11) is 1.98. The second-order valence-corrected chi connectivity index (χ2v) is 8.97. The number of aromatic nitrogens is 1. The van der Waals surface area contributed by atoms with E-state index in [-0.39, 0.29) is 17.6 Å². The number of amides is 2. The number of nitrogens with one attached hydrogen (secondary N) is 1. The summed E-state index contributed by atoms with van der Waals surface area (Å²) in [6.45, 7) is 3.64. The van der Waals surface area contributed by atoms with Gasteiger partial charge in [-0.1, -0.05) is 47.6 Å². The Morgan fingerprint density at radius 2 is 2.06 bits per heavy atom. The maximum atomic E-state index is 13.6. The van der Waals surface area contributed by atoms with Crippen molar-refractivity contribution in [2.75, 3.05) is 30.4 Å². The van der Waals surface area contributed by atoms with Crippen LogP contribution in [-0.4, -0.2) is 41.9 Å². The van der Waals surface area contributed by atoms with E-state index in [1.807, 2.05) is 44.3 Å². The van der Waals surface area contributed by atoms with E-state index >= 15 is 0 Å². The van der Waals surface area contributed by atoms with E-state index in [4.69, 9.17) is 16.3 Å². The first-order chi connectivity index (χ1) is 15.5. The van der Waals surface area contributed by atoms with Gasteiger partial charge in [-0.25, -0.2) is 0 Å². The van der Waals surface area contributed by atoms with Crippen molar-refractivity contribution in [3.63, 3.8) is 0 Å². The SMILES string of the molecule is CCOCCCNC(=O)C1c2c(n(C)c3ccccc23)SCC(=O)N1c1cccc(Cl)c1. The molecular formula is C24H26ClN3O3S. The summed E-state index contributed by atoms with van der Waals surface area (Å²) in [4.78, 5) is 28.5. The standard InChI is InChI=1S/C24H26ClN3O3S/c1-3-31-13-7-12-26-23(30)22-21-18-10-4-5-11-19(18)27(2)24(21)32-15-20(29)28(22)17-9-6-8-16(25)14-17/h4-6,8-11,14,22H,3,7,12-13,15H2,1-2H3,(H,26,30). The number of thioether (sulfide) groups is 1. The summed E-state index contributed by atoms with van der Waals surface area (Å²) in [5.74, 6) is -0.112. The third-order valence-corrected chi connectivity index (χ3v) is 6.92. The summed E-state index contributed by atoms with van der Waals surface area (Å²) in [5.41, 5.74) is 2.49. The van der Waals surface area contributed by atoms with Gasteiger partial charge in [-0.2, -0.15) is 0 Å². The summed E-state index contributed by atoms with van der Waals surface area (Å²) in [6.07, 6.45) is 0.703. The van der Waals surface area contributed by atoms with E-state index in [9.17, 15) is 9.59 Å². The van der Waals surface area contributed by atoms with Crippen molar-refractivity contribution in [1.29, 1.82) is 0 Å². The number of anilines is 1. The minimum Gasteiger partial charge on any atom is -0.382 e. The second kappa shape index (κ2) is 9.98. The summed E-state index contributed by atoms with van der Waals surface area (Å²) in [5, 5.41) is 5.44. The zero-order valence-electron chi connectivity index (χ0n) is 18.1. The molecule has 0 bridgehead atoms. The third-order valence-electron chi connectivity index (χ3n) is 5.53. The average molecular weight is 472 g/mol. The molecule has 0 saturated carbocycles. The van der Waals surface area contributed by atoms with Crippen LogP contribution in [0.1, 0.15) is 24.9 Å². The molecule has 1 N–H and O–H groups in total. The molecule has 0 fully saturated rings. The molecule has 0 saturated heterocycles. The van der Waals surface area contributed by atoms with Crippen molar-refractivity contribution in [2.45, 2.75) is 24.4 Å². The fourth-order valence-electron chi connectivity index (χ4n) is 4.10. The van der Waals surface area contributed by atoms with Gasteiger partial charge in [0.05, 0.1) is 10.8 Å². The van der Waals surface area contributed by atoms with E-state index in [1.54, 1.807) is 23.1 Å². The molecule has 0 radical (unpaired) electrons.